The van der Waals surface area contributed by atoms with Crippen molar-refractivity contribution in [2.24, 2.45) is 5.73 Å². The topological polar surface area (TPSA) is 84.7 Å². The Labute approximate surface area is 199 Å². The van der Waals surface area contributed by atoms with Gasteiger partial charge in [-0.3, -0.25) is 20.5 Å². The molecule has 3 heterocycles. The first-order valence-corrected chi connectivity index (χ1v) is 11.8. The van der Waals surface area contributed by atoms with E-state index in [-0.39, 0.29) is 22.9 Å². The average Bonchev–Trinajstić information content (AvgIpc) is 2.80. The standard InChI is InChI=1S/C24H33ClFN5O2/c1-16-19(28-10-7-20(16)32-2)14-31(22-13-21(25)29-23(27)30-22)15-24(8-11-33-12-9-24)17-3-5-18(26)6-4-17/h3-7,10,21-23,29-30H,8-9,11-15,27H2,1-2H3. The molecule has 3 unspecified atom stereocenters. The van der Waals surface area contributed by atoms with Crippen LogP contribution in [-0.2, 0) is 16.7 Å². The van der Waals surface area contributed by atoms with Crippen LogP contribution in [0.4, 0.5) is 4.39 Å². The maximum absolute atomic E-state index is 13.7. The third-order valence-electron chi connectivity index (χ3n) is 6.85. The number of nitrogens with two attached hydrogens (primary N) is 1. The van der Waals surface area contributed by atoms with Crippen molar-refractivity contribution >= 4 is 11.6 Å². The smallest absolute Gasteiger partial charge is 0.125 e. The fourth-order valence-corrected chi connectivity index (χ4v) is 5.24. The van der Waals surface area contributed by atoms with Gasteiger partial charge in [-0.15, -0.1) is 11.6 Å². The highest BCUT2D eigenvalue weighted by molar-refractivity contribution is 6.20. The Morgan fingerprint density at radius 3 is 2.64 bits per heavy atom. The monoisotopic (exact) mass is 477 g/mol. The minimum absolute atomic E-state index is 0.0590. The van der Waals surface area contributed by atoms with Gasteiger partial charge in [0.2, 0.25) is 0 Å². The second-order valence-corrected chi connectivity index (χ2v) is 9.45. The predicted molar refractivity (Wildman–Crippen MR) is 126 cm³/mol. The minimum Gasteiger partial charge on any atom is -0.496 e. The summed E-state index contributed by atoms with van der Waals surface area (Å²) in [4.78, 5) is 7.02. The van der Waals surface area contributed by atoms with Crippen molar-refractivity contribution in [3.05, 3.63) is 59.2 Å². The van der Waals surface area contributed by atoms with Gasteiger partial charge in [-0.05, 0) is 43.5 Å². The zero-order chi connectivity index (χ0) is 23.4. The number of methoxy groups -OCH3 is 1. The largest absolute Gasteiger partial charge is 0.496 e. The van der Waals surface area contributed by atoms with E-state index < -0.39 is 6.29 Å². The van der Waals surface area contributed by atoms with Gasteiger partial charge in [0.05, 0.1) is 24.5 Å². The number of alkyl halides is 1. The molecule has 0 saturated carbocycles. The number of nitrogens with zero attached hydrogens (tertiary/aromatic N) is 2. The third kappa shape index (κ3) is 5.65. The van der Waals surface area contributed by atoms with E-state index >= 15 is 0 Å². The van der Waals surface area contributed by atoms with Crippen molar-refractivity contribution in [3.63, 3.8) is 0 Å². The Morgan fingerprint density at radius 1 is 1.24 bits per heavy atom. The molecule has 0 bridgehead atoms. The summed E-state index contributed by atoms with van der Waals surface area (Å²) in [6, 6.07) is 8.76. The van der Waals surface area contributed by atoms with E-state index in [0.717, 1.165) is 42.0 Å². The molecule has 4 N–H and O–H groups in total. The molecule has 1 aromatic carbocycles. The van der Waals surface area contributed by atoms with Crippen molar-refractivity contribution in [2.75, 3.05) is 26.9 Å². The second-order valence-electron chi connectivity index (χ2n) is 8.92. The molecule has 0 aliphatic carbocycles. The van der Waals surface area contributed by atoms with E-state index in [0.29, 0.717) is 26.2 Å². The molecular formula is C24H33ClFN5O2. The summed E-state index contributed by atoms with van der Waals surface area (Å²) in [5, 5.41) is 6.56. The first kappa shape index (κ1) is 24.3. The van der Waals surface area contributed by atoms with Crippen molar-refractivity contribution in [1.82, 2.24) is 20.5 Å². The molecule has 0 radical (unpaired) electrons. The summed E-state index contributed by atoms with van der Waals surface area (Å²) in [5.41, 5.74) is 8.82. The van der Waals surface area contributed by atoms with Crippen molar-refractivity contribution in [2.45, 2.75) is 56.1 Å². The van der Waals surface area contributed by atoms with Gasteiger partial charge in [0, 0.05) is 49.9 Å². The molecule has 9 heteroatoms. The summed E-state index contributed by atoms with van der Waals surface area (Å²) >= 11 is 6.49. The van der Waals surface area contributed by atoms with Gasteiger partial charge >= 0.3 is 0 Å². The molecule has 2 saturated heterocycles. The van der Waals surface area contributed by atoms with Gasteiger partial charge in [0.1, 0.15) is 17.9 Å². The number of pyridine rings is 1. The number of hydrogen-bond donors (Lipinski definition) is 3. The van der Waals surface area contributed by atoms with E-state index in [9.17, 15) is 4.39 Å². The zero-order valence-corrected chi connectivity index (χ0v) is 19.9. The molecule has 1 aromatic heterocycles. The maximum Gasteiger partial charge on any atom is 0.125 e. The lowest BCUT2D eigenvalue weighted by Gasteiger charge is -2.46. The van der Waals surface area contributed by atoms with Crippen molar-refractivity contribution in [1.29, 1.82) is 0 Å². The lowest BCUT2D eigenvalue weighted by molar-refractivity contribution is 0.0110. The number of nitrogens with one attached hydrogen (secondary N) is 2. The highest BCUT2D eigenvalue weighted by atomic mass is 35.5. The maximum atomic E-state index is 13.7. The van der Waals surface area contributed by atoms with Crippen LogP contribution in [-0.4, -0.2) is 54.7 Å². The SMILES string of the molecule is COc1ccnc(CN(CC2(c3ccc(F)cc3)CCOCC2)C2CC(Cl)NC(N)N2)c1C. The van der Waals surface area contributed by atoms with Crippen LogP contribution < -0.4 is 21.1 Å². The Bertz CT molecular complexity index is 916. The van der Waals surface area contributed by atoms with Crippen LogP contribution in [0.2, 0.25) is 0 Å². The summed E-state index contributed by atoms with van der Waals surface area (Å²) in [7, 11) is 1.67. The third-order valence-corrected chi connectivity index (χ3v) is 7.15. The van der Waals surface area contributed by atoms with Crippen LogP contribution in [0.1, 0.15) is 36.1 Å². The quantitative estimate of drug-likeness (QED) is 0.417. The predicted octanol–water partition coefficient (Wildman–Crippen LogP) is 2.80. The second kappa shape index (κ2) is 10.6. The molecule has 2 aliphatic rings. The molecule has 2 aliphatic heterocycles. The van der Waals surface area contributed by atoms with E-state index in [1.807, 2.05) is 25.1 Å². The van der Waals surface area contributed by atoms with E-state index in [1.54, 1.807) is 13.3 Å². The van der Waals surface area contributed by atoms with Crippen molar-refractivity contribution in [3.8, 4) is 5.75 Å². The number of ether oxygens (including phenoxy) is 2. The Balaban J connectivity index is 1.69. The Hall–Kier alpha value is -1.81. The lowest BCUT2D eigenvalue weighted by atomic mass is 9.73. The minimum atomic E-state index is -0.412. The summed E-state index contributed by atoms with van der Waals surface area (Å²) in [5.74, 6) is 0.578. The van der Waals surface area contributed by atoms with Gasteiger partial charge in [-0.1, -0.05) is 12.1 Å². The van der Waals surface area contributed by atoms with Gasteiger partial charge in [0.25, 0.3) is 0 Å². The summed E-state index contributed by atoms with van der Waals surface area (Å²) in [6.07, 6.45) is 3.67. The highest BCUT2D eigenvalue weighted by Gasteiger charge is 2.39. The Kier molecular flexibility index (Phi) is 7.83. The van der Waals surface area contributed by atoms with Crippen LogP contribution in [0, 0.1) is 12.7 Å². The fourth-order valence-electron chi connectivity index (χ4n) is 4.94. The molecule has 33 heavy (non-hydrogen) atoms. The molecule has 2 fully saturated rings. The van der Waals surface area contributed by atoms with Crippen LogP contribution >= 0.6 is 11.6 Å². The van der Waals surface area contributed by atoms with E-state index in [1.165, 1.54) is 12.1 Å². The molecule has 3 atom stereocenters. The molecule has 2 aromatic rings. The van der Waals surface area contributed by atoms with Gasteiger partial charge < -0.3 is 15.2 Å². The van der Waals surface area contributed by atoms with Gasteiger partial charge in [-0.2, -0.15) is 0 Å². The Morgan fingerprint density at radius 2 is 1.97 bits per heavy atom. The number of aromatic nitrogens is 1. The average molecular weight is 478 g/mol. The molecule has 0 amide bonds. The van der Waals surface area contributed by atoms with Crippen molar-refractivity contribution < 1.29 is 13.9 Å². The molecule has 180 valence electrons. The van der Waals surface area contributed by atoms with E-state index in [4.69, 9.17) is 26.8 Å². The zero-order valence-electron chi connectivity index (χ0n) is 19.2. The summed E-state index contributed by atoms with van der Waals surface area (Å²) < 4.78 is 25.0. The van der Waals surface area contributed by atoms with Crippen LogP contribution in [0.5, 0.6) is 5.75 Å². The highest BCUT2D eigenvalue weighted by Crippen LogP contribution is 2.37. The fraction of sp³-hybridized carbons (Fsp3) is 0.542. The molecule has 4 rings (SSSR count). The molecule has 7 nitrogen and oxygen atoms in total. The molecular weight excluding hydrogens is 445 g/mol. The van der Waals surface area contributed by atoms with Crippen LogP contribution in [0.3, 0.4) is 0 Å². The summed E-state index contributed by atoms with van der Waals surface area (Å²) in [6.45, 7) is 4.68. The molecule has 0 spiro atoms. The number of halogens is 2. The van der Waals surface area contributed by atoms with Gasteiger partial charge in [-0.25, -0.2) is 4.39 Å². The lowest BCUT2D eigenvalue weighted by Crippen LogP contribution is -2.66. The first-order chi connectivity index (χ1) is 15.9. The first-order valence-electron chi connectivity index (χ1n) is 11.4. The normalized spacial score (nSPS) is 25.2. The number of hydrogen-bond acceptors (Lipinski definition) is 7. The van der Waals surface area contributed by atoms with E-state index in [2.05, 4.69) is 20.5 Å². The van der Waals surface area contributed by atoms with Crippen LogP contribution in [0.15, 0.2) is 36.5 Å². The number of benzene rings is 1. The van der Waals surface area contributed by atoms with Gasteiger partial charge in [0.15, 0.2) is 0 Å². The van der Waals surface area contributed by atoms with Crippen LogP contribution in [0.25, 0.3) is 0 Å². The number of rotatable bonds is 7.